The highest BCUT2D eigenvalue weighted by Gasteiger charge is 2.30. The Morgan fingerprint density at radius 3 is 1.97 bits per heavy atom. The van der Waals surface area contributed by atoms with Gasteiger partial charge in [-0.15, -0.1) is 0 Å². The smallest absolute Gasteiger partial charge is 0.355 e. The molecule has 0 unspecified atom stereocenters. The van der Waals surface area contributed by atoms with Gasteiger partial charge < -0.3 is 14.0 Å². The molecule has 0 amide bonds. The minimum absolute atomic E-state index is 0.168. The van der Waals surface area contributed by atoms with Gasteiger partial charge in [-0.1, -0.05) is 78.9 Å². The number of ether oxygens (including phenoxy) is 2. The third kappa shape index (κ3) is 4.67. The first-order chi connectivity index (χ1) is 16.1. The number of para-hydroxylation sites is 1. The van der Waals surface area contributed by atoms with Gasteiger partial charge in [-0.2, -0.15) is 0 Å². The van der Waals surface area contributed by atoms with E-state index in [1.807, 2.05) is 65.2 Å². The number of fused-ring (bicyclic) bond motifs is 1. The van der Waals surface area contributed by atoms with E-state index in [-0.39, 0.29) is 31.1 Å². The molecule has 0 bridgehead atoms. The average Bonchev–Trinajstić information content (AvgIpc) is 3.15. The number of rotatable bonds is 8. The maximum atomic E-state index is 13.4. The topological polar surface area (TPSA) is 57.5 Å². The van der Waals surface area contributed by atoms with Crippen LogP contribution in [0.4, 0.5) is 0 Å². The highest BCUT2D eigenvalue weighted by Crippen LogP contribution is 2.40. The Balaban J connectivity index is 2.01. The summed E-state index contributed by atoms with van der Waals surface area (Å²) in [5.74, 6) is -0.911. The van der Waals surface area contributed by atoms with Crippen LogP contribution in [0, 0.1) is 0 Å². The Kier molecular flexibility index (Phi) is 6.89. The van der Waals surface area contributed by atoms with E-state index in [2.05, 4.69) is 24.3 Å². The van der Waals surface area contributed by atoms with Gasteiger partial charge in [-0.25, -0.2) is 4.79 Å². The summed E-state index contributed by atoms with van der Waals surface area (Å²) in [5.41, 5.74) is 4.45. The molecule has 0 radical (unpaired) electrons. The molecule has 0 aliphatic carbocycles. The molecule has 4 aromatic rings. The molecule has 0 aliphatic rings. The Hall–Kier alpha value is -3.86. The molecular weight excluding hydrogens is 414 g/mol. The van der Waals surface area contributed by atoms with E-state index in [0.717, 1.165) is 27.6 Å². The molecule has 5 heteroatoms. The highest BCUT2D eigenvalue weighted by molar-refractivity contribution is 6.00. The third-order valence-electron chi connectivity index (χ3n) is 5.65. The van der Waals surface area contributed by atoms with Gasteiger partial charge in [0.1, 0.15) is 12.3 Å². The molecule has 0 saturated carbocycles. The second-order valence-electron chi connectivity index (χ2n) is 7.75. The molecule has 0 saturated heterocycles. The van der Waals surface area contributed by atoms with Crippen molar-refractivity contribution >= 4 is 22.8 Å². The lowest BCUT2D eigenvalue weighted by Gasteiger charge is -2.20. The normalized spacial score (nSPS) is 11.0. The predicted octanol–water partition coefficient (Wildman–Crippen LogP) is 5.56. The van der Waals surface area contributed by atoms with E-state index in [0.29, 0.717) is 12.2 Å². The zero-order chi connectivity index (χ0) is 23.2. The fraction of sp³-hybridized carbons (Fsp3) is 0.214. The van der Waals surface area contributed by atoms with Gasteiger partial charge in [0.15, 0.2) is 0 Å². The molecule has 33 heavy (non-hydrogen) atoms. The van der Waals surface area contributed by atoms with E-state index < -0.39 is 0 Å². The first-order valence-electron chi connectivity index (χ1n) is 11.1. The van der Waals surface area contributed by atoms with Crippen LogP contribution in [-0.4, -0.2) is 29.7 Å². The van der Waals surface area contributed by atoms with Crippen molar-refractivity contribution in [2.75, 3.05) is 13.2 Å². The van der Waals surface area contributed by atoms with E-state index in [1.54, 1.807) is 6.92 Å². The Bertz CT molecular complexity index is 1210. The summed E-state index contributed by atoms with van der Waals surface area (Å²) in [6.45, 7) is 3.97. The Morgan fingerprint density at radius 2 is 1.39 bits per heavy atom. The summed E-state index contributed by atoms with van der Waals surface area (Å²) < 4.78 is 12.7. The first kappa shape index (κ1) is 22.3. The fourth-order valence-electron chi connectivity index (χ4n) is 4.37. The zero-order valence-electron chi connectivity index (χ0n) is 18.9. The van der Waals surface area contributed by atoms with Crippen LogP contribution < -0.4 is 0 Å². The number of esters is 2. The highest BCUT2D eigenvalue weighted by atomic mass is 16.5. The van der Waals surface area contributed by atoms with Crippen LogP contribution in [-0.2, 0) is 20.8 Å². The maximum absolute atomic E-state index is 13.4. The molecule has 0 aliphatic heterocycles. The molecular formula is C28H27NO4. The van der Waals surface area contributed by atoms with Crippen molar-refractivity contribution in [2.24, 2.45) is 0 Å². The van der Waals surface area contributed by atoms with Gasteiger partial charge in [0.2, 0.25) is 0 Å². The van der Waals surface area contributed by atoms with Crippen LogP contribution in [0.15, 0.2) is 84.9 Å². The summed E-state index contributed by atoms with van der Waals surface area (Å²) in [7, 11) is 0. The molecule has 0 fully saturated rings. The maximum Gasteiger partial charge on any atom is 0.355 e. The quantitative estimate of drug-likeness (QED) is 0.336. The van der Waals surface area contributed by atoms with Crippen LogP contribution >= 0.6 is 0 Å². The second-order valence-corrected chi connectivity index (χ2v) is 7.75. The summed E-state index contributed by atoms with van der Waals surface area (Å²) in [4.78, 5) is 24.7. The molecule has 168 valence electrons. The molecule has 0 spiro atoms. The molecule has 1 heterocycles. The summed E-state index contributed by atoms with van der Waals surface area (Å²) in [6.07, 6.45) is 0. The van der Waals surface area contributed by atoms with Gasteiger partial charge in [-0.05, 0) is 24.1 Å². The fourth-order valence-corrected chi connectivity index (χ4v) is 4.37. The number of carbonyl (C=O) groups excluding carboxylic acids is 2. The molecule has 1 aromatic heterocycles. The Labute approximate surface area is 193 Å². The monoisotopic (exact) mass is 441 g/mol. The van der Waals surface area contributed by atoms with Crippen molar-refractivity contribution in [1.29, 1.82) is 0 Å². The third-order valence-corrected chi connectivity index (χ3v) is 5.65. The van der Waals surface area contributed by atoms with Gasteiger partial charge in [0, 0.05) is 29.3 Å². The van der Waals surface area contributed by atoms with E-state index in [9.17, 15) is 9.59 Å². The van der Waals surface area contributed by atoms with Crippen LogP contribution in [0.3, 0.4) is 0 Å². The zero-order valence-corrected chi connectivity index (χ0v) is 18.9. The van der Waals surface area contributed by atoms with Crippen LogP contribution in [0.2, 0.25) is 0 Å². The number of benzene rings is 3. The first-order valence-corrected chi connectivity index (χ1v) is 11.1. The number of hydrogen-bond acceptors (Lipinski definition) is 4. The van der Waals surface area contributed by atoms with Crippen molar-refractivity contribution in [2.45, 2.75) is 26.3 Å². The predicted molar refractivity (Wildman–Crippen MR) is 128 cm³/mol. The minimum atomic E-state index is -0.386. The van der Waals surface area contributed by atoms with Crippen LogP contribution in [0.25, 0.3) is 10.9 Å². The van der Waals surface area contributed by atoms with Gasteiger partial charge in [0.25, 0.3) is 0 Å². The lowest BCUT2D eigenvalue weighted by molar-refractivity contribution is -0.141. The van der Waals surface area contributed by atoms with E-state index in [1.165, 1.54) is 6.92 Å². The number of aromatic nitrogens is 1. The molecule has 0 atom stereocenters. The van der Waals surface area contributed by atoms with Crippen molar-refractivity contribution in [3.63, 3.8) is 0 Å². The van der Waals surface area contributed by atoms with E-state index in [4.69, 9.17) is 9.47 Å². The number of carbonyl (C=O) groups is 2. The summed E-state index contributed by atoms with van der Waals surface area (Å²) in [5, 5.41) is 0.973. The molecule has 3 aromatic carbocycles. The Morgan fingerprint density at radius 1 is 0.818 bits per heavy atom. The number of nitrogens with zero attached hydrogens (tertiary/aromatic N) is 1. The minimum Gasteiger partial charge on any atom is -0.464 e. The van der Waals surface area contributed by atoms with Crippen molar-refractivity contribution in [1.82, 2.24) is 4.57 Å². The SMILES string of the molecule is CCOC(=O)c1c(C(c2ccccc2)c2ccccc2)c2ccccc2n1CCOC(C)=O. The lowest BCUT2D eigenvalue weighted by atomic mass is 9.83. The second kappa shape index (κ2) is 10.2. The van der Waals surface area contributed by atoms with Crippen molar-refractivity contribution in [3.8, 4) is 0 Å². The van der Waals surface area contributed by atoms with Crippen molar-refractivity contribution < 1.29 is 19.1 Å². The van der Waals surface area contributed by atoms with E-state index >= 15 is 0 Å². The number of hydrogen-bond donors (Lipinski definition) is 0. The van der Waals surface area contributed by atoms with Gasteiger partial charge in [-0.3, -0.25) is 4.79 Å². The van der Waals surface area contributed by atoms with Gasteiger partial charge in [0.05, 0.1) is 13.2 Å². The standard InChI is InChI=1S/C28H27NO4/c1-3-32-28(31)27-26(23-16-10-11-17-24(23)29(27)18-19-33-20(2)30)25(21-12-6-4-7-13-21)22-14-8-5-9-15-22/h4-17,25H,3,18-19H2,1-2H3. The van der Waals surface area contributed by atoms with Crippen molar-refractivity contribution in [3.05, 3.63) is 107 Å². The summed E-state index contributed by atoms with van der Waals surface area (Å²) >= 11 is 0. The average molecular weight is 442 g/mol. The lowest BCUT2D eigenvalue weighted by Crippen LogP contribution is -2.19. The van der Waals surface area contributed by atoms with Gasteiger partial charge >= 0.3 is 11.9 Å². The van der Waals surface area contributed by atoms with Crippen LogP contribution in [0.1, 0.15) is 46.9 Å². The largest absolute Gasteiger partial charge is 0.464 e. The van der Waals surface area contributed by atoms with Crippen LogP contribution in [0.5, 0.6) is 0 Å². The molecule has 5 nitrogen and oxygen atoms in total. The molecule has 0 N–H and O–H groups in total. The molecule has 4 rings (SSSR count). The summed E-state index contributed by atoms with van der Waals surface area (Å²) in [6, 6.07) is 28.3.